The minimum Gasteiger partial charge on any atom is -0.504 e. The highest BCUT2D eigenvalue weighted by Gasteiger charge is 2.23. The molecule has 0 aliphatic carbocycles. The van der Waals surface area contributed by atoms with Crippen LogP contribution < -0.4 is 0 Å². The lowest BCUT2D eigenvalue weighted by Crippen LogP contribution is -2.24. The minimum atomic E-state index is -0.146. The summed E-state index contributed by atoms with van der Waals surface area (Å²) in [5.74, 6) is 1.28. The first kappa shape index (κ1) is 15.0. The summed E-state index contributed by atoms with van der Waals surface area (Å²) < 4.78 is 1.89. The Morgan fingerprint density at radius 2 is 1.90 bits per heavy atom. The SMILES string of the molecule is CCSc1ccccc1-c1nn(C(C)(C)C)c(C)c1O. The highest BCUT2D eigenvalue weighted by Crippen LogP contribution is 2.38. The molecule has 4 heteroatoms. The van der Waals surface area contributed by atoms with Crippen molar-refractivity contribution in [2.75, 3.05) is 5.75 Å². The van der Waals surface area contributed by atoms with Crippen LogP contribution in [0.1, 0.15) is 33.4 Å². The van der Waals surface area contributed by atoms with Gasteiger partial charge in [0.05, 0.1) is 11.2 Å². The number of thioether (sulfide) groups is 1. The summed E-state index contributed by atoms with van der Waals surface area (Å²) in [6.45, 7) is 10.3. The van der Waals surface area contributed by atoms with E-state index in [0.29, 0.717) is 5.69 Å². The van der Waals surface area contributed by atoms with Crippen LogP contribution in [0.25, 0.3) is 11.3 Å². The van der Waals surface area contributed by atoms with Crippen LogP contribution in [0.3, 0.4) is 0 Å². The molecule has 20 heavy (non-hydrogen) atoms. The van der Waals surface area contributed by atoms with E-state index in [9.17, 15) is 5.11 Å². The van der Waals surface area contributed by atoms with Crippen LogP contribution in [-0.4, -0.2) is 20.6 Å². The van der Waals surface area contributed by atoms with Crippen LogP contribution >= 0.6 is 11.8 Å². The van der Waals surface area contributed by atoms with E-state index in [1.165, 1.54) is 0 Å². The molecule has 3 nitrogen and oxygen atoms in total. The number of aromatic hydroxyl groups is 1. The predicted octanol–water partition coefficient (Wildman–Crippen LogP) is 4.43. The summed E-state index contributed by atoms with van der Waals surface area (Å²) in [6, 6.07) is 8.10. The molecular weight excluding hydrogens is 268 g/mol. The lowest BCUT2D eigenvalue weighted by molar-refractivity contribution is 0.345. The van der Waals surface area contributed by atoms with Gasteiger partial charge in [-0.05, 0) is 39.5 Å². The lowest BCUT2D eigenvalue weighted by atomic mass is 10.1. The fourth-order valence-corrected chi connectivity index (χ4v) is 3.08. The molecule has 0 unspecified atom stereocenters. The molecule has 1 aromatic heterocycles. The number of benzene rings is 1. The van der Waals surface area contributed by atoms with Crippen molar-refractivity contribution in [1.29, 1.82) is 0 Å². The Morgan fingerprint density at radius 3 is 2.45 bits per heavy atom. The van der Waals surface area contributed by atoms with Gasteiger partial charge in [-0.1, -0.05) is 25.1 Å². The monoisotopic (exact) mass is 290 g/mol. The van der Waals surface area contributed by atoms with Gasteiger partial charge in [-0.2, -0.15) is 5.10 Å². The van der Waals surface area contributed by atoms with Gasteiger partial charge < -0.3 is 5.11 Å². The van der Waals surface area contributed by atoms with Crippen molar-refractivity contribution in [3.05, 3.63) is 30.0 Å². The molecule has 1 N–H and O–H groups in total. The second-order valence-corrected chi connectivity index (χ2v) is 7.10. The van der Waals surface area contributed by atoms with E-state index in [4.69, 9.17) is 0 Å². The van der Waals surface area contributed by atoms with Crippen LogP contribution in [0.15, 0.2) is 29.2 Å². The number of hydrogen-bond acceptors (Lipinski definition) is 3. The molecule has 0 bridgehead atoms. The topological polar surface area (TPSA) is 38.0 Å². The van der Waals surface area contributed by atoms with Crippen molar-refractivity contribution in [2.45, 2.75) is 45.1 Å². The van der Waals surface area contributed by atoms with Gasteiger partial charge >= 0.3 is 0 Å². The molecule has 0 saturated heterocycles. The van der Waals surface area contributed by atoms with Crippen LogP contribution in [-0.2, 0) is 5.54 Å². The maximum absolute atomic E-state index is 10.4. The first-order chi connectivity index (χ1) is 9.36. The Bertz CT molecular complexity index is 611. The van der Waals surface area contributed by atoms with E-state index < -0.39 is 0 Å². The molecular formula is C16H22N2OS. The minimum absolute atomic E-state index is 0.146. The van der Waals surface area contributed by atoms with Crippen molar-refractivity contribution in [3.63, 3.8) is 0 Å². The van der Waals surface area contributed by atoms with Crippen molar-refractivity contribution in [1.82, 2.24) is 9.78 Å². The molecule has 0 spiro atoms. The van der Waals surface area contributed by atoms with Gasteiger partial charge in [0, 0.05) is 10.5 Å². The second-order valence-electron chi connectivity index (χ2n) is 5.79. The number of rotatable bonds is 3. The predicted molar refractivity (Wildman–Crippen MR) is 85.5 cm³/mol. The van der Waals surface area contributed by atoms with E-state index >= 15 is 0 Å². The lowest BCUT2D eigenvalue weighted by Gasteiger charge is -2.20. The quantitative estimate of drug-likeness (QED) is 0.850. The van der Waals surface area contributed by atoms with Gasteiger partial charge in [-0.3, -0.25) is 4.68 Å². The third kappa shape index (κ3) is 2.70. The summed E-state index contributed by atoms with van der Waals surface area (Å²) in [4.78, 5) is 1.16. The number of hydrogen-bond donors (Lipinski definition) is 1. The number of aromatic nitrogens is 2. The largest absolute Gasteiger partial charge is 0.504 e. The van der Waals surface area contributed by atoms with E-state index in [0.717, 1.165) is 21.9 Å². The van der Waals surface area contributed by atoms with Crippen LogP contribution in [0, 0.1) is 6.92 Å². The van der Waals surface area contributed by atoms with Crippen molar-refractivity contribution in [3.8, 4) is 17.0 Å². The maximum Gasteiger partial charge on any atom is 0.164 e. The summed E-state index contributed by atoms with van der Waals surface area (Å²) in [7, 11) is 0. The summed E-state index contributed by atoms with van der Waals surface area (Å²) in [5, 5.41) is 15.1. The second kappa shape index (κ2) is 5.52. The Labute approximate surface area is 125 Å². The molecule has 1 aromatic carbocycles. The molecule has 0 saturated carbocycles. The fraction of sp³-hybridized carbons (Fsp3) is 0.438. The molecule has 0 atom stereocenters. The molecule has 0 aliphatic rings. The molecule has 0 amide bonds. The Hall–Kier alpha value is -1.42. The van der Waals surface area contributed by atoms with Crippen LogP contribution in [0.2, 0.25) is 0 Å². The fourth-order valence-electron chi connectivity index (χ4n) is 2.27. The molecule has 1 heterocycles. The first-order valence-electron chi connectivity index (χ1n) is 6.87. The van der Waals surface area contributed by atoms with Gasteiger partial charge in [0.2, 0.25) is 0 Å². The summed E-state index contributed by atoms with van der Waals surface area (Å²) in [5.41, 5.74) is 2.34. The van der Waals surface area contributed by atoms with Gasteiger partial charge in [0.25, 0.3) is 0 Å². The molecule has 108 valence electrons. The van der Waals surface area contributed by atoms with E-state index in [1.54, 1.807) is 11.8 Å². The Morgan fingerprint density at radius 1 is 1.25 bits per heavy atom. The van der Waals surface area contributed by atoms with E-state index in [2.05, 4.69) is 38.9 Å². The summed E-state index contributed by atoms with van der Waals surface area (Å²) >= 11 is 1.77. The molecule has 2 aromatic rings. The molecule has 2 rings (SSSR count). The van der Waals surface area contributed by atoms with E-state index in [-0.39, 0.29) is 11.3 Å². The van der Waals surface area contributed by atoms with Crippen molar-refractivity contribution >= 4 is 11.8 Å². The zero-order chi connectivity index (χ0) is 14.9. The average molecular weight is 290 g/mol. The Balaban J connectivity index is 2.60. The van der Waals surface area contributed by atoms with Crippen LogP contribution in [0.4, 0.5) is 0 Å². The normalized spacial score (nSPS) is 11.8. The van der Waals surface area contributed by atoms with Gasteiger partial charge in [0.15, 0.2) is 5.75 Å². The maximum atomic E-state index is 10.4. The Kier molecular flexibility index (Phi) is 4.14. The zero-order valence-corrected chi connectivity index (χ0v) is 13.6. The molecule has 0 fully saturated rings. The molecule has 0 aliphatic heterocycles. The van der Waals surface area contributed by atoms with Crippen molar-refractivity contribution in [2.24, 2.45) is 0 Å². The first-order valence-corrected chi connectivity index (χ1v) is 7.86. The summed E-state index contributed by atoms with van der Waals surface area (Å²) in [6.07, 6.45) is 0. The number of nitrogens with zero attached hydrogens (tertiary/aromatic N) is 2. The van der Waals surface area contributed by atoms with Crippen LogP contribution in [0.5, 0.6) is 5.75 Å². The van der Waals surface area contributed by atoms with E-state index in [1.807, 2.05) is 29.8 Å². The highest BCUT2D eigenvalue weighted by molar-refractivity contribution is 7.99. The standard InChI is InChI=1S/C16H22N2OS/c1-6-20-13-10-8-7-9-12(13)14-15(19)11(2)18(17-14)16(3,4)5/h7-10,19H,6H2,1-5H3. The van der Waals surface area contributed by atoms with Gasteiger partial charge in [-0.15, -0.1) is 11.8 Å². The third-order valence-electron chi connectivity index (χ3n) is 3.16. The van der Waals surface area contributed by atoms with Gasteiger partial charge in [0.1, 0.15) is 5.69 Å². The van der Waals surface area contributed by atoms with Gasteiger partial charge in [-0.25, -0.2) is 0 Å². The highest BCUT2D eigenvalue weighted by atomic mass is 32.2. The third-order valence-corrected chi connectivity index (χ3v) is 4.12. The smallest absolute Gasteiger partial charge is 0.164 e. The average Bonchev–Trinajstić information content (AvgIpc) is 2.67. The molecule has 0 radical (unpaired) electrons. The zero-order valence-electron chi connectivity index (χ0n) is 12.8. The van der Waals surface area contributed by atoms with Crippen molar-refractivity contribution < 1.29 is 5.11 Å².